The van der Waals surface area contributed by atoms with Crippen molar-refractivity contribution in [1.29, 1.82) is 0 Å². The Labute approximate surface area is 162 Å². The fourth-order valence-electron chi connectivity index (χ4n) is 3.56. The highest BCUT2D eigenvalue weighted by Gasteiger charge is 2.20. The number of hydrogen-bond acceptors (Lipinski definition) is 4. The molecule has 1 N–H and O–H groups in total. The van der Waals surface area contributed by atoms with E-state index in [1.54, 1.807) is 6.20 Å². The van der Waals surface area contributed by atoms with Crippen LogP contribution in [0.5, 0.6) is 0 Å². The van der Waals surface area contributed by atoms with Gasteiger partial charge in [0.2, 0.25) is 0 Å². The number of benzene rings is 1. The first-order chi connectivity index (χ1) is 13.1. The number of likely N-dealkylation sites (N-methyl/N-ethyl adjacent to an activating group) is 1. The minimum absolute atomic E-state index is 0.0508. The molecule has 1 aliphatic rings. The minimum atomic E-state index is -0.0508. The van der Waals surface area contributed by atoms with E-state index in [1.165, 1.54) is 18.4 Å². The van der Waals surface area contributed by atoms with Crippen molar-refractivity contribution >= 4 is 11.6 Å². The summed E-state index contributed by atoms with van der Waals surface area (Å²) in [6.45, 7) is 3.50. The van der Waals surface area contributed by atoms with Gasteiger partial charge in [0, 0.05) is 32.4 Å². The molecule has 0 bridgehead atoms. The lowest BCUT2D eigenvalue weighted by atomic mass is 9.90. The highest BCUT2D eigenvalue weighted by Crippen LogP contribution is 2.25. The van der Waals surface area contributed by atoms with Gasteiger partial charge in [0.15, 0.2) is 0 Å². The molecule has 3 rings (SSSR count). The van der Waals surface area contributed by atoms with Gasteiger partial charge in [-0.3, -0.25) is 9.78 Å². The van der Waals surface area contributed by atoms with E-state index in [9.17, 15) is 4.79 Å². The smallest absolute Gasteiger partial charge is 0.252 e. The van der Waals surface area contributed by atoms with Crippen LogP contribution in [0.1, 0.15) is 28.8 Å². The van der Waals surface area contributed by atoms with Gasteiger partial charge >= 0.3 is 0 Å². The molecule has 0 saturated carbocycles. The van der Waals surface area contributed by atoms with Crippen molar-refractivity contribution in [2.75, 3.05) is 45.2 Å². The first-order valence-electron chi connectivity index (χ1n) is 9.78. The summed E-state index contributed by atoms with van der Waals surface area (Å²) in [5.74, 6) is 0.680. The van der Waals surface area contributed by atoms with Crippen molar-refractivity contribution in [2.45, 2.75) is 19.3 Å². The van der Waals surface area contributed by atoms with Crippen molar-refractivity contribution < 1.29 is 4.79 Å². The summed E-state index contributed by atoms with van der Waals surface area (Å²) in [6.07, 6.45) is 7.02. The molecule has 0 aliphatic carbocycles. The first-order valence-corrected chi connectivity index (χ1v) is 9.78. The van der Waals surface area contributed by atoms with Gasteiger partial charge in [0.1, 0.15) is 0 Å². The predicted molar refractivity (Wildman–Crippen MR) is 110 cm³/mol. The molecule has 0 radical (unpaired) electrons. The molecule has 0 atom stereocenters. The maximum absolute atomic E-state index is 12.3. The van der Waals surface area contributed by atoms with Gasteiger partial charge in [-0.25, -0.2) is 0 Å². The number of carbonyl (C=O) groups is 1. The molecule has 0 unspecified atom stereocenters. The van der Waals surface area contributed by atoms with Crippen LogP contribution < -0.4 is 10.2 Å². The van der Waals surface area contributed by atoms with Gasteiger partial charge in [-0.15, -0.1) is 0 Å². The summed E-state index contributed by atoms with van der Waals surface area (Å²) in [4.78, 5) is 21.0. The fourth-order valence-corrected chi connectivity index (χ4v) is 3.56. The third-order valence-corrected chi connectivity index (χ3v) is 5.18. The van der Waals surface area contributed by atoms with Gasteiger partial charge in [0.05, 0.1) is 17.4 Å². The predicted octanol–water partition coefficient (Wildman–Crippen LogP) is 2.83. The molecule has 1 fully saturated rings. The number of anilines is 1. The maximum atomic E-state index is 12.3. The van der Waals surface area contributed by atoms with Crippen LogP contribution in [-0.2, 0) is 6.42 Å². The number of piperidine rings is 1. The van der Waals surface area contributed by atoms with Crippen LogP contribution in [0.3, 0.4) is 0 Å². The van der Waals surface area contributed by atoms with E-state index >= 15 is 0 Å². The lowest BCUT2D eigenvalue weighted by Crippen LogP contribution is -2.35. The number of carbonyl (C=O) groups excluding carboxylic acids is 1. The van der Waals surface area contributed by atoms with Crippen LogP contribution >= 0.6 is 0 Å². The summed E-state index contributed by atoms with van der Waals surface area (Å²) < 4.78 is 0. The molecular formula is C22H30N4O. The molecule has 0 spiro atoms. The average molecular weight is 367 g/mol. The zero-order valence-corrected chi connectivity index (χ0v) is 16.4. The van der Waals surface area contributed by atoms with Crippen LogP contribution in [0.4, 0.5) is 5.69 Å². The van der Waals surface area contributed by atoms with Gasteiger partial charge in [-0.2, -0.15) is 0 Å². The number of rotatable bonds is 7. The first kappa shape index (κ1) is 19.4. The molecule has 5 nitrogen and oxygen atoms in total. The van der Waals surface area contributed by atoms with E-state index in [-0.39, 0.29) is 5.91 Å². The lowest BCUT2D eigenvalue weighted by Gasteiger charge is -2.33. The van der Waals surface area contributed by atoms with Crippen molar-refractivity contribution in [3.05, 3.63) is 59.9 Å². The van der Waals surface area contributed by atoms with Crippen molar-refractivity contribution in [1.82, 2.24) is 15.2 Å². The van der Waals surface area contributed by atoms with Crippen molar-refractivity contribution in [3.8, 4) is 0 Å². The second kappa shape index (κ2) is 9.51. The van der Waals surface area contributed by atoms with Gasteiger partial charge in [-0.1, -0.05) is 30.3 Å². The molecule has 2 heterocycles. The zero-order chi connectivity index (χ0) is 19.1. The fraction of sp³-hybridized carbons (Fsp3) is 0.455. The summed E-state index contributed by atoms with van der Waals surface area (Å²) in [5, 5.41) is 2.96. The van der Waals surface area contributed by atoms with E-state index in [4.69, 9.17) is 0 Å². The van der Waals surface area contributed by atoms with E-state index in [0.717, 1.165) is 37.7 Å². The summed E-state index contributed by atoms with van der Waals surface area (Å²) in [7, 11) is 3.99. The van der Waals surface area contributed by atoms with Crippen LogP contribution in [0, 0.1) is 5.92 Å². The Hall–Kier alpha value is -2.40. The number of pyridine rings is 1. The minimum Gasteiger partial charge on any atom is -0.370 e. The van der Waals surface area contributed by atoms with Crippen LogP contribution in [0.25, 0.3) is 0 Å². The number of hydrogen-bond donors (Lipinski definition) is 1. The Morgan fingerprint density at radius 2 is 1.93 bits per heavy atom. The Morgan fingerprint density at radius 1 is 1.19 bits per heavy atom. The molecule has 1 amide bonds. The SMILES string of the molecule is CN(C)CCNC(=O)c1cncc(N2CCC(Cc3ccccc3)CC2)c1. The molecule has 144 valence electrons. The molecule has 27 heavy (non-hydrogen) atoms. The molecule has 5 heteroatoms. The van der Waals surface area contributed by atoms with Gasteiger partial charge < -0.3 is 15.1 Å². The molecule has 1 aliphatic heterocycles. The largest absolute Gasteiger partial charge is 0.370 e. The topological polar surface area (TPSA) is 48.5 Å². The average Bonchev–Trinajstić information content (AvgIpc) is 2.69. The maximum Gasteiger partial charge on any atom is 0.252 e. The number of nitrogens with zero attached hydrogens (tertiary/aromatic N) is 3. The van der Waals surface area contributed by atoms with E-state index in [0.29, 0.717) is 12.1 Å². The van der Waals surface area contributed by atoms with Crippen molar-refractivity contribution in [2.24, 2.45) is 5.92 Å². The summed E-state index contributed by atoms with van der Waals surface area (Å²) >= 11 is 0. The third-order valence-electron chi connectivity index (χ3n) is 5.18. The Kier molecular flexibility index (Phi) is 6.82. The normalized spacial score (nSPS) is 15.1. The monoisotopic (exact) mass is 366 g/mol. The standard InChI is InChI=1S/C22H30N4O/c1-25(2)13-10-24-22(27)20-15-21(17-23-16-20)26-11-8-19(9-12-26)14-18-6-4-3-5-7-18/h3-7,15-17,19H,8-14H2,1-2H3,(H,24,27). The quantitative estimate of drug-likeness (QED) is 0.819. The molecule has 1 aromatic carbocycles. The Bertz CT molecular complexity index is 724. The van der Waals surface area contributed by atoms with E-state index < -0.39 is 0 Å². The van der Waals surface area contributed by atoms with E-state index in [1.807, 2.05) is 26.4 Å². The summed E-state index contributed by atoms with van der Waals surface area (Å²) in [5.41, 5.74) is 3.11. The lowest BCUT2D eigenvalue weighted by molar-refractivity contribution is 0.0950. The van der Waals surface area contributed by atoms with Gasteiger partial charge in [-0.05, 0) is 50.9 Å². The molecular weight excluding hydrogens is 336 g/mol. The number of amides is 1. The van der Waals surface area contributed by atoms with Crippen LogP contribution in [0.2, 0.25) is 0 Å². The second-order valence-corrected chi connectivity index (χ2v) is 7.61. The molecule has 2 aromatic rings. The number of nitrogens with one attached hydrogen (secondary N) is 1. The van der Waals surface area contributed by atoms with Crippen LogP contribution in [-0.4, -0.2) is 56.1 Å². The van der Waals surface area contributed by atoms with Gasteiger partial charge in [0.25, 0.3) is 5.91 Å². The second-order valence-electron chi connectivity index (χ2n) is 7.61. The summed E-state index contributed by atoms with van der Waals surface area (Å²) in [6, 6.07) is 12.7. The third kappa shape index (κ3) is 5.79. The van der Waals surface area contributed by atoms with Crippen LogP contribution in [0.15, 0.2) is 48.8 Å². The molecule has 1 saturated heterocycles. The Morgan fingerprint density at radius 3 is 2.63 bits per heavy atom. The molecule has 1 aromatic heterocycles. The number of aromatic nitrogens is 1. The Balaban J connectivity index is 1.53. The highest BCUT2D eigenvalue weighted by molar-refractivity contribution is 5.94. The van der Waals surface area contributed by atoms with E-state index in [2.05, 4.69) is 50.4 Å². The van der Waals surface area contributed by atoms with Crippen molar-refractivity contribution in [3.63, 3.8) is 0 Å². The highest BCUT2D eigenvalue weighted by atomic mass is 16.1. The zero-order valence-electron chi connectivity index (χ0n) is 16.4.